The van der Waals surface area contributed by atoms with Crippen LogP contribution in [0.4, 0.5) is 4.79 Å². The Labute approximate surface area is 128 Å². The molecule has 0 bridgehead atoms. The van der Waals surface area contributed by atoms with E-state index in [9.17, 15) is 4.79 Å². The van der Waals surface area contributed by atoms with E-state index in [1.807, 2.05) is 23.6 Å². The van der Waals surface area contributed by atoms with Crippen molar-refractivity contribution in [3.8, 4) is 0 Å². The number of carbonyl (C=O) groups excluding carboxylic acids is 1. The fraction of sp³-hybridized carbons (Fsp3) is 0.933. The second kappa shape index (κ2) is 8.13. The summed E-state index contributed by atoms with van der Waals surface area (Å²) < 4.78 is 0.328. The van der Waals surface area contributed by atoms with Gasteiger partial charge in [0.1, 0.15) is 0 Å². The van der Waals surface area contributed by atoms with Crippen LogP contribution in [0.1, 0.15) is 47.0 Å². The monoisotopic (exact) mass is 301 g/mol. The van der Waals surface area contributed by atoms with E-state index in [0.29, 0.717) is 23.4 Å². The van der Waals surface area contributed by atoms with Gasteiger partial charge < -0.3 is 15.5 Å². The lowest BCUT2D eigenvalue weighted by Gasteiger charge is -2.35. The molecule has 1 heterocycles. The Balaban J connectivity index is 2.30. The highest BCUT2D eigenvalue weighted by Gasteiger charge is 2.25. The van der Waals surface area contributed by atoms with E-state index >= 15 is 0 Å². The van der Waals surface area contributed by atoms with Crippen molar-refractivity contribution < 1.29 is 4.79 Å². The lowest BCUT2D eigenvalue weighted by Crippen LogP contribution is -2.50. The van der Waals surface area contributed by atoms with Crippen LogP contribution in [0, 0.1) is 0 Å². The van der Waals surface area contributed by atoms with Gasteiger partial charge in [0, 0.05) is 36.5 Å². The minimum Gasteiger partial charge on any atom is -0.338 e. The van der Waals surface area contributed by atoms with E-state index in [0.717, 1.165) is 25.9 Å². The van der Waals surface area contributed by atoms with Crippen molar-refractivity contribution in [3.63, 3.8) is 0 Å². The molecular weight excluding hydrogens is 270 g/mol. The molecule has 118 valence electrons. The van der Waals surface area contributed by atoms with Crippen molar-refractivity contribution in [2.24, 2.45) is 0 Å². The maximum atomic E-state index is 11.7. The summed E-state index contributed by atoms with van der Waals surface area (Å²) in [5.74, 6) is 0. The fourth-order valence-electron chi connectivity index (χ4n) is 2.79. The second-order valence-corrected chi connectivity index (χ2v) is 7.85. The number of piperidine rings is 1. The van der Waals surface area contributed by atoms with Crippen LogP contribution in [0.25, 0.3) is 0 Å². The topological polar surface area (TPSA) is 44.4 Å². The van der Waals surface area contributed by atoms with Gasteiger partial charge in [-0.3, -0.25) is 0 Å². The van der Waals surface area contributed by atoms with E-state index in [4.69, 9.17) is 0 Å². The van der Waals surface area contributed by atoms with Crippen molar-refractivity contribution in [3.05, 3.63) is 0 Å². The molecule has 2 amide bonds. The first-order valence-corrected chi connectivity index (χ1v) is 8.94. The second-order valence-electron chi connectivity index (χ2n) is 6.33. The van der Waals surface area contributed by atoms with Crippen molar-refractivity contribution in [1.29, 1.82) is 0 Å². The maximum absolute atomic E-state index is 11.7. The van der Waals surface area contributed by atoms with E-state index in [1.165, 1.54) is 6.42 Å². The number of hydrogen-bond acceptors (Lipinski definition) is 3. The Kier molecular flexibility index (Phi) is 7.17. The van der Waals surface area contributed by atoms with Gasteiger partial charge in [-0.15, -0.1) is 0 Å². The van der Waals surface area contributed by atoms with Crippen molar-refractivity contribution in [1.82, 2.24) is 15.5 Å². The van der Waals surface area contributed by atoms with Crippen LogP contribution in [0.5, 0.6) is 0 Å². The third kappa shape index (κ3) is 5.92. The molecular formula is C15H31N3OS. The molecule has 2 N–H and O–H groups in total. The number of amides is 2. The molecule has 0 aromatic heterocycles. The Morgan fingerprint density at radius 1 is 1.40 bits per heavy atom. The van der Waals surface area contributed by atoms with Gasteiger partial charge in [-0.05, 0) is 39.4 Å². The molecule has 1 aliphatic rings. The van der Waals surface area contributed by atoms with Crippen LogP contribution in [0.15, 0.2) is 0 Å². The van der Waals surface area contributed by atoms with Gasteiger partial charge in [-0.1, -0.05) is 13.8 Å². The number of hydrogen-bond donors (Lipinski definition) is 2. The van der Waals surface area contributed by atoms with Gasteiger partial charge in [0.15, 0.2) is 0 Å². The Morgan fingerprint density at radius 2 is 2.00 bits per heavy atom. The summed E-state index contributed by atoms with van der Waals surface area (Å²) in [5, 5.41) is 6.60. The van der Waals surface area contributed by atoms with E-state index < -0.39 is 0 Å². The SMILES string of the molecule is CCNC(=O)N1CCC(NC(C)CC(C)(C)SC)CC1. The Bertz CT molecular complexity index is 301. The van der Waals surface area contributed by atoms with Crippen LogP contribution in [0.2, 0.25) is 0 Å². The summed E-state index contributed by atoms with van der Waals surface area (Å²) in [6.07, 6.45) is 5.46. The molecule has 4 nitrogen and oxygen atoms in total. The fourth-order valence-corrected chi connectivity index (χ4v) is 3.21. The van der Waals surface area contributed by atoms with E-state index in [1.54, 1.807) is 0 Å². The first kappa shape index (κ1) is 17.6. The summed E-state index contributed by atoms with van der Waals surface area (Å²) in [6.45, 7) is 11.3. The molecule has 20 heavy (non-hydrogen) atoms. The molecule has 5 heteroatoms. The summed E-state index contributed by atoms with van der Waals surface area (Å²) in [7, 11) is 0. The molecule has 0 aromatic carbocycles. The van der Waals surface area contributed by atoms with Crippen LogP contribution in [-0.2, 0) is 0 Å². The average molecular weight is 302 g/mol. The molecule has 1 aliphatic heterocycles. The minimum absolute atomic E-state index is 0.0857. The molecule has 1 saturated heterocycles. The zero-order valence-electron chi connectivity index (χ0n) is 13.7. The molecule has 1 unspecified atom stereocenters. The molecule has 0 aliphatic carbocycles. The third-order valence-electron chi connectivity index (χ3n) is 3.98. The number of thioether (sulfide) groups is 1. The summed E-state index contributed by atoms with van der Waals surface area (Å²) in [6, 6.07) is 1.16. The number of nitrogens with one attached hydrogen (secondary N) is 2. The average Bonchev–Trinajstić information content (AvgIpc) is 2.39. The quantitative estimate of drug-likeness (QED) is 0.793. The van der Waals surface area contributed by atoms with Crippen LogP contribution in [-0.4, -0.2) is 53.7 Å². The highest BCUT2D eigenvalue weighted by atomic mass is 32.2. The number of urea groups is 1. The third-order valence-corrected chi connectivity index (χ3v) is 5.25. The zero-order valence-corrected chi connectivity index (χ0v) is 14.5. The maximum Gasteiger partial charge on any atom is 0.317 e. The Hall–Kier alpha value is -0.420. The molecule has 1 atom stereocenters. The van der Waals surface area contributed by atoms with Gasteiger partial charge in [0.2, 0.25) is 0 Å². The number of nitrogens with zero attached hydrogens (tertiary/aromatic N) is 1. The molecule has 0 saturated carbocycles. The first-order valence-electron chi connectivity index (χ1n) is 7.72. The van der Waals surface area contributed by atoms with E-state index in [-0.39, 0.29) is 6.03 Å². The Morgan fingerprint density at radius 3 is 2.50 bits per heavy atom. The van der Waals surface area contributed by atoms with Gasteiger partial charge in [0.25, 0.3) is 0 Å². The van der Waals surface area contributed by atoms with Crippen molar-refractivity contribution in [2.45, 2.75) is 63.8 Å². The predicted octanol–water partition coefficient (Wildman–Crippen LogP) is 2.69. The lowest BCUT2D eigenvalue weighted by atomic mass is 10.00. The molecule has 0 radical (unpaired) electrons. The van der Waals surface area contributed by atoms with Crippen LogP contribution >= 0.6 is 11.8 Å². The number of rotatable bonds is 6. The van der Waals surface area contributed by atoms with Crippen molar-refractivity contribution >= 4 is 17.8 Å². The number of carbonyl (C=O) groups is 1. The summed E-state index contributed by atoms with van der Waals surface area (Å²) in [5.41, 5.74) is 0. The molecule has 0 spiro atoms. The smallest absolute Gasteiger partial charge is 0.317 e. The van der Waals surface area contributed by atoms with Crippen LogP contribution < -0.4 is 10.6 Å². The standard InChI is InChI=1S/C15H31N3OS/c1-6-16-14(19)18-9-7-13(8-10-18)17-12(2)11-15(3,4)20-5/h12-13,17H,6-11H2,1-5H3,(H,16,19). The normalized spacial score (nSPS) is 18.9. The molecule has 1 rings (SSSR count). The summed E-state index contributed by atoms with van der Waals surface area (Å²) in [4.78, 5) is 13.7. The van der Waals surface area contributed by atoms with Crippen LogP contribution in [0.3, 0.4) is 0 Å². The van der Waals surface area contributed by atoms with Gasteiger partial charge >= 0.3 is 6.03 Å². The summed E-state index contributed by atoms with van der Waals surface area (Å²) >= 11 is 1.93. The highest BCUT2D eigenvalue weighted by Crippen LogP contribution is 2.27. The lowest BCUT2D eigenvalue weighted by molar-refractivity contribution is 0.174. The molecule has 1 fully saturated rings. The van der Waals surface area contributed by atoms with Gasteiger partial charge in [-0.2, -0.15) is 11.8 Å². The minimum atomic E-state index is 0.0857. The van der Waals surface area contributed by atoms with Gasteiger partial charge in [-0.25, -0.2) is 4.79 Å². The first-order chi connectivity index (χ1) is 9.38. The predicted molar refractivity (Wildman–Crippen MR) is 88.5 cm³/mol. The number of likely N-dealkylation sites (tertiary alicyclic amines) is 1. The van der Waals surface area contributed by atoms with Gasteiger partial charge in [0.05, 0.1) is 0 Å². The van der Waals surface area contributed by atoms with Crippen molar-refractivity contribution in [2.75, 3.05) is 25.9 Å². The largest absolute Gasteiger partial charge is 0.338 e. The zero-order chi connectivity index (χ0) is 15.2. The van der Waals surface area contributed by atoms with E-state index in [2.05, 4.69) is 37.7 Å². The highest BCUT2D eigenvalue weighted by molar-refractivity contribution is 7.99. The molecule has 0 aromatic rings.